The van der Waals surface area contributed by atoms with Crippen molar-refractivity contribution in [3.63, 3.8) is 0 Å². The van der Waals surface area contributed by atoms with Crippen molar-refractivity contribution in [3.8, 4) is 0 Å². The van der Waals surface area contributed by atoms with Crippen LogP contribution in [0.1, 0.15) is 48.5 Å². The Kier molecular flexibility index (Phi) is 4.04. The predicted octanol–water partition coefficient (Wildman–Crippen LogP) is 4.20. The molecule has 2 heterocycles. The lowest BCUT2D eigenvalue weighted by Gasteiger charge is -2.23. The Hall–Kier alpha value is -0.990. The van der Waals surface area contributed by atoms with Crippen LogP contribution in [0.5, 0.6) is 0 Å². The van der Waals surface area contributed by atoms with Crippen molar-refractivity contribution in [3.05, 3.63) is 35.1 Å². The van der Waals surface area contributed by atoms with Gasteiger partial charge < -0.3 is 9.73 Å². The van der Waals surface area contributed by atoms with Crippen molar-refractivity contribution < 1.29 is 4.42 Å². The second-order valence-corrected chi connectivity index (χ2v) is 5.99. The van der Waals surface area contributed by atoms with Crippen LogP contribution in [0.2, 0.25) is 0 Å². The minimum atomic E-state index is 0. The van der Waals surface area contributed by atoms with Gasteiger partial charge in [-0.05, 0) is 68.8 Å². The first kappa shape index (κ1) is 14.0. The summed E-state index contributed by atoms with van der Waals surface area (Å²) in [6, 6.07) is 6.90. The van der Waals surface area contributed by atoms with E-state index in [2.05, 4.69) is 23.5 Å². The minimum absolute atomic E-state index is 0. The third-order valence-electron chi connectivity index (χ3n) is 4.79. The van der Waals surface area contributed by atoms with Gasteiger partial charge in [0.05, 0.1) is 0 Å². The molecule has 0 radical (unpaired) electrons. The van der Waals surface area contributed by atoms with Crippen LogP contribution in [0, 0.1) is 0 Å². The molecule has 0 bridgehead atoms. The second kappa shape index (κ2) is 5.79. The molecule has 20 heavy (non-hydrogen) atoms. The molecule has 2 aliphatic rings. The zero-order valence-electron chi connectivity index (χ0n) is 11.8. The first-order chi connectivity index (χ1) is 9.42. The number of hydrogen-bond acceptors (Lipinski definition) is 2. The number of rotatable bonds is 1. The van der Waals surface area contributed by atoms with E-state index >= 15 is 0 Å². The fourth-order valence-electron chi connectivity index (χ4n) is 3.69. The molecule has 1 aromatic carbocycles. The van der Waals surface area contributed by atoms with E-state index in [9.17, 15) is 0 Å². The van der Waals surface area contributed by atoms with E-state index in [1.54, 1.807) is 0 Å². The van der Waals surface area contributed by atoms with Gasteiger partial charge in [0.25, 0.3) is 0 Å². The normalized spacial score (nSPS) is 19.6. The Labute approximate surface area is 126 Å². The lowest BCUT2D eigenvalue weighted by Crippen LogP contribution is -2.26. The summed E-state index contributed by atoms with van der Waals surface area (Å²) in [5, 5.41) is 4.84. The molecule has 1 aromatic heterocycles. The number of hydrogen-bond donors (Lipinski definition) is 1. The van der Waals surface area contributed by atoms with Crippen LogP contribution in [0.25, 0.3) is 11.0 Å². The molecule has 1 fully saturated rings. The molecule has 108 valence electrons. The number of furan rings is 1. The molecule has 1 saturated heterocycles. The molecule has 4 rings (SSSR count). The standard InChI is InChI=1S/C17H21NO.ClH/c1-2-4-16-14(3-1)15-11-13(5-6-17(15)19-16)12-7-9-18-10-8-12;/h5-6,11-12,18H,1-4,7-10H2;1H. The van der Waals surface area contributed by atoms with E-state index in [4.69, 9.17) is 4.42 Å². The zero-order valence-corrected chi connectivity index (χ0v) is 12.6. The fraction of sp³-hybridized carbons (Fsp3) is 0.529. The first-order valence-corrected chi connectivity index (χ1v) is 7.67. The summed E-state index contributed by atoms with van der Waals surface area (Å²) in [6.07, 6.45) is 7.48. The average Bonchev–Trinajstić information content (AvgIpc) is 2.86. The number of benzene rings is 1. The van der Waals surface area contributed by atoms with Gasteiger partial charge in [-0.3, -0.25) is 0 Å². The van der Waals surface area contributed by atoms with E-state index in [0.717, 1.165) is 31.0 Å². The van der Waals surface area contributed by atoms with Crippen LogP contribution in [-0.4, -0.2) is 13.1 Å². The lowest BCUT2D eigenvalue weighted by molar-refractivity contribution is 0.460. The van der Waals surface area contributed by atoms with Crippen LogP contribution in [-0.2, 0) is 12.8 Å². The van der Waals surface area contributed by atoms with Gasteiger partial charge in [-0.15, -0.1) is 12.4 Å². The van der Waals surface area contributed by atoms with Crippen molar-refractivity contribution in [1.29, 1.82) is 0 Å². The van der Waals surface area contributed by atoms with Crippen LogP contribution in [0.3, 0.4) is 0 Å². The summed E-state index contributed by atoms with van der Waals surface area (Å²) < 4.78 is 6.02. The highest BCUT2D eigenvalue weighted by Gasteiger charge is 2.20. The molecule has 1 N–H and O–H groups in total. The van der Waals surface area contributed by atoms with Gasteiger partial charge >= 0.3 is 0 Å². The van der Waals surface area contributed by atoms with E-state index in [1.807, 2.05) is 0 Å². The lowest BCUT2D eigenvalue weighted by atomic mass is 9.88. The highest BCUT2D eigenvalue weighted by atomic mass is 35.5. The molecule has 0 amide bonds. The maximum absolute atomic E-state index is 6.02. The molecule has 2 nitrogen and oxygen atoms in total. The number of fused-ring (bicyclic) bond motifs is 3. The van der Waals surface area contributed by atoms with Crippen molar-refractivity contribution in [1.82, 2.24) is 5.32 Å². The fourth-order valence-corrected chi connectivity index (χ4v) is 3.69. The van der Waals surface area contributed by atoms with E-state index in [0.29, 0.717) is 0 Å². The van der Waals surface area contributed by atoms with Gasteiger partial charge in [-0.1, -0.05) is 6.07 Å². The highest BCUT2D eigenvalue weighted by Crippen LogP contribution is 2.35. The van der Waals surface area contributed by atoms with Crippen LogP contribution in [0.4, 0.5) is 0 Å². The SMILES string of the molecule is Cl.c1cc2oc3c(c2cc1C1CCNCC1)CCCC3. The molecule has 1 aliphatic heterocycles. The van der Waals surface area contributed by atoms with Crippen molar-refractivity contribution in [2.24, 2.45) is 0 Å². The monoisotopic (exact) mass is 291 g/mol. The summed E-state index contributed by atoms with van der Waals surface area (Å²) in [4.78, 5) is 0. The Morgan fingerprint density at radius 3 is 2.70 bits per heavy atom. The first-order valence-electron chi connectivity index (χ1n) is 7.67. The molecule has 0 saturated carbocycles. The summed E-state index contributed by atoms with van der Waals surface area (Å²) in [7, 11) is 0. The summed E-state index contributed by atoms with van der Waals surface area (Å²) >= 11 is 0. The maximum atomic E-state index is 6.02. The van der Waals surface area contributed by atoms with Gasteiger partial charge in [0.1, 0.15) is 11.3 Å². The van der Waals surface area contributed by atoms with Gasteiger partial charge in [0.2, 0.25) is 0 Å². The van der Waals surface area contributed by atoms with Crippen LogP contribution < -0.4 is 5.32 Å². The quantitative estimate of drug-likeness (QED) is 0.852. The summed E-state index contributed by atoms with van der Waals surface area (Å²) in [6.45, 7) is 2.32. The molecule has 2 aromatic rings. The van der Waals surface area contributed by atoms with Gasteiger partial charge in [-0.25, -0.2) is 0 Å². The summed E-state index contributed by atoms with van der Waals surface area (Å²) in [5.41, 5.74) is 4.12. The van der Waals surface area contributed by atoms with Gasteiger partial charge in [0.15, 0.2) is 0 Å². The zero-order chi connectivity index (χ0) is 12.7. The average molecular weight is 292 g/mol. The van der Waals surface area contributed by atoms with Gasteiger partial charge in [0, 0.05) is 17.4 Å². The molecule has 0 spiro atoms. The smallest absolute Gasteiger partial charge is 0.134 e. The highest BCUT2D eigenvalue weighted by molar-refractivity contribution is 5.85. The molecular weight excluding hydrogens is 270 g/mol. The largest absolute Gasteiger partial charge is 0.461 e. The number of piperidine rings is 1. The Balaban J connectivity index is 0.00000121. The maximum Gasteiger partial charge on any atom is 0.134 e. The molecule has 0 atom stereocenters. The Bertz CT molecular complexity index is 598. The number of halogens is 1. The van der Waals surface area contributed by atoms with Crippen molar-refractivity contribution >= 4 is 23.4 Å². The molecule has 1 aliphatic carbocycles. The third kappa shape index (κ3) is 2.36. The molecule has 0 unspecified atom stereocenters. The Morgan fingerprint density at radius 2 is 1.85 bits per heavy atom. The van der Waals surface area contributed by atoms with E-state index in [1.165, 1.54) is 54.4 Å². The van der Waals surface area contributed by atoms with E-state index in [-0.39, 0.29) is 12.4 Å². The number of nitrogens with one attached hydrogen (secondary N) is 1. The van der Waals surface area contributed by atoms with E-state index < -0.39 is 0 Å². The third-order valence-corrected chi connectivity index (χ3v) is 4.79. The summed E-state index contributed by atoms with van der Waals surface area (Å²) in [5.74, 6) is 1.99. The van der Waals surface area contributed by atoms with Crippen molar-refractivity contribution in [2.75, 3.05) is 13.1 Å². The minimum Gasteiger partial charge on any atom is -0.461 e. The Morgan fingerprint density at radius 1 is 1.05 bits per heavy atom. The molecular formula is C17H22ClNO. The molecule has 3 heteroatoms. The van der Waals surface area contributed by atoms with Crippen LogP contribution in [0.15, 0.2) is 22.6 Å². The van der Waals surface area contributed by atoms with Crippen molar-refractivity contribution in [2.45, 2.75) is 44.4 Å². The second-order valence-electron chi connectivity index (χ2n) is 5.99. The number of aryl methyl sites for hydroxylation is 2. The van der Waals surface area contributed by atoms with Gasteiger partial charge in [-0.2, -0.15) is 0 Å². The topological polar surface area (TPSA) is 25.2 Å². The predicted molar refractivity (Wildman–Crippen MR) is 84.9 cm³/mol. The van der Waals surface area contributed by atoms with Crippen LogP contribution >= 0.6 is 12.4 Å².